The topological polar surface area (TPSA) is 82.5 Å². The van der Waals surface area contributed by atoms with Gasteiger partial charge < -0.3 is 14.8 Å². The number of alkyl halides is 3. The van der Waals surface area contributed by atoms with E-state index >= 15 is 0 Å². The monoisotopic (exact) mass is 611 g/mol. The van der Waals surface area contributed by atoms with Crippen LogP contribution >= 0.6 is 35.0 Å². The summed E-state index contributed by atoms with van der Waals surface area (Å²) in [6.07, 6.45) is -4.20. The van der Waals surface area contributed by atoms with Gasteiger partial charge in [0.1, 0.15) is 0 Å². The van der Waals surface area contributed by atoms with Crippen molar-refractivity contribution in [2.75, 3.05) is 25.3 Å². The Morgan fingerprint density at radius 2 is 1.70 bits per heavy atom. The van der Waals surface area contributed by atoms with Crippen LogP contribution in [-0.2, 0) is 23.9 Å². The third-order valence-electron chi connectivity index (χ3n) is 5.86. The van der Waals surface area contributed by atoms with E-state index in [-0.39, 0.29) is 29.3 Å². The van der Waals surface area contributed by atoms with Crippen molar-refractivity contribution in [2.24, 2.45) is 0 Å². The lowest BCUT2D eigenvalue weighted by molar-refractivity contribution is -0.137. The largest absolute Gasteiger partial charge is 0.493 e. The standard InChI is InChI=1S/C27H22Cl2F3N3O4S/c1-38-22-12-18-20(13-23(22)39-2)34-26(40-14-24(36)33-21-11-17(28)7-8-19(21)29)35(25(18)37)10-9-15-3-5-16(6-4-15)27(30,31)32/h3-8,11-13H,9-10,14H2,1-2H3,(H,33,36). The molecule has 1 aromatic heterocycles. The molecule has 4 rings (SSSR count). The normalized spacial score (nSPS) is 11.5. The van der Waals surface area contributed by atoms with Crippen LogP contribution in [-0.4, -0.2) is 35.4 Å². The molecule has 0 spiro atoms. The number of carbonyl (C=O) groups excluding carboxylic acids is 1. The van der Waals surface area contributed by atoms with Gasteiger partial charge in [-0.3, -0.25) is 14.2 Å². The molecule has 0 aliphatic carbocycles. The second-order valence-corrected chi connectivity index (χ2v) is 10.3. The first kappa shape index (κ1) is 29.6. The van der Waals surface area contributed by atoms with Gasteiger partial charge in [-0.25, -0.2) is 4.98 Å². The summed E-state index contributed by atoms with van der Waals surface area (Å²) in [5.74, 6) is 0.175. The second-order valence-electron chi connectivity index (χ2n) is 8.48. The molecular weight excluding hydrogens is 590 g/mol. The van der Waals surface area contributed by atoms with Crippen molar-refractivity contribution in [1.29, 1.82) is 0 Å². The molecule has 4 aromatic rings. The zero-order valence-corrected chi connectivity index (χ0v) is 23.5. The second kappa shape index (κ2) is 12.4. The van der Waals surface area contributed by atoms with Gasteiger partial charge in [-0.1, -0.05) is 47.1 Å². The summed E-state index contributed by atoms with van der Waals surface area (Å²) in [6.45, 7) is 0.103. The minimum absolute atomic E-state index is 0.103. The average Bonchev–Trinajstić information content (AvgIpc) is 2.92. The number of carbonyl (C=O) groups is 1. The molecule has 13 heteroatoms. The molecule has 0 aliphatic heterocycles. The van der Waals surface area contributed by atoms with Crippen LogP contribution in [0.15, 0.2) is 64.5 Å². The van der Waals surface area contributed by atoms with Crippen molar-refractivity contribution >= 4 is 57.5 Å². The van der Waals surface area contributed by atoms with Crippen LogP contribution in [0.25, 0.3) is 10.9 Å². The summed E-state index contributed by atoms with van der Waals surface area (Å²) < 4.78 is 50.9. The van der Waals surface area contributed by atoms with Gasteiger partial charge in [-0.2, -0.15) is 13.2 Å². The first-order valence-corrected chi connectivity index (χ1v) is 13.4. The number of hydrogen-bond donors (Lipinski definition) is 1. The Morgan fingerprint density at radius 1 is 1.02 bits per heavy atom. The van der Waals surface area contributed by atoms with Crippen molar-refractivity contribution < 1.29 is 27.4 Å². The van der Waals surface area contributed by atoms with Crippen LogP contribution < -0.4 is 20.3 Å². The van der Waals surface area contributed by atoms with Crippen molar-refractivity contribution in [1.82, 2.24) is 9.55 Å². The van der Waals surface area contributed by atoms with Gasteiger partial charge in [0, 0.05) is 17.6 Å². The highest BCUT2D eigenvalue weighted by Gasteiger charge is 2.30. The molecule has 0 aliphatic rings. The maximum absolute atomic E-state index is 13.6. The zero-order chi connectivity index (χ0) is 29.0. The van der Waals surface area contributed by atoms with E-state index in [0.717, 1.165) is 23.9 Å². The van der Waals surface area contributed by atoms with Crippen molar-refractivity contribution in [3.63, 3.8) is 0 Å². The number of hydrogen-bond acceptors (Lipinski definition) is 6. The number of rotatable bonds is 9. The van der Waals surface area contributed by atoms with Gasteiger partial charge in [0.25, 0.3) is 5.56 Å². The number of halogens is 5. The molecule has 1 heterocycles. The maximum atomic E-state index is 13.6. The van der Waals surface area contributed by atoms with E-state index in [9.17, 15) is 22.8 Å². The predicted octanol–water partition coefficient (Wildman–Crippen LogP) is 6.71. The number of aromatic nitrogens is 2. The lowest BCUT2D eigenvalue weighted by Gasteiger charge is -2.15. The van der Waals surface area contributed by atoms with Crippen LogP contribution in [0, 0.1) is 0 Å². The van der Waals surface area contributed by atoms with E-state index < -0.39 is 23.2 Å². The van der Waals surface area contributed by atoms with Crippen LogP contribution in [0.3, 0.4) is 0 Å². The highest BCUT2D eigenvalue weighted by Crippen LogP contribution is 2.32. The minimum atomic E-state index is -4.45. The third-order valence-corrected chi connectivity index (χ3v) is 7.41. The number of amides is 1. The van der Waals surface area contributed by atoms with Gasteiger partial charge >= 0.3 is 6.18 Å². The van der Waals surface area contributed by atoms with Gasteiger partial charge in [-0.15, -0.1) is 0 Å². The molecule has 210 valence electrons. The lowest BCUT2D eigenvalue weighted by Crippen LogP contribution is -2.25. The Labute approximate surface area is 241 Å². The first-order chi connectivity index (χ1) is 19.0. The molecule has 40 heavy (non-hydrogen) atoms. The Hall–Kier alpha value is -3.41. The van der Waals surface area contributed by atoms with Crippen molar-refractivity contribution in [2.45, 2.75) is 24.3 Å². The molecular formula is C27H22Cl2F3N3O4S. The van der Waals surface area contributed by atoms with Gasteiger partial charge in [0.2, 0.25) is 5.91 Å². The number of methoxy groups -OCH3 is 2. The fraction of sp³-hybridized carbons (Fsp3) is 0.222. The summed E-state index contributed by atoms with van der Waals surface area (Å²) in [7, 11) is 2.89. The van der Waals surface area contributed by atoms with Crippen molar-refractivity contribution in [3.8, 4) is 11.5 Å². The number of nitrogens with zero attached hydrogens (tertiary/aromatic N) is 2. The molecule has 0 fully saturated rings. The van der Waals surface area contributed by atoms with Crippen LogP contribution in [0.5, 0.6) is 11.5 Å². The number of thioether (sulfide) groups is 1. The zero-order valence-electron chi connectivity index (χ0n) is 21.1. The van der Waals surface area contributed by atoms with Crippen LogP contribution in [0.1, 0.15) is 11.1 Å². The van der Waals surface area contributed by atoms with E-state index in [1.54, 1.807) is 18.2 Å². The number of fused-ring (bicyclic) bond motifs is 1. The Kier molecular flexibility index (Phi) is 9.17. The lowest BCUT2D eigenvalue weighted by atomic mass is 10.1. The highest BCUT2D eigenvalue weighted by molar-refractivity contribution is 7.99. The summed E-state index contributed by atoms with van der Waals surface area (Å²) in [5.41, 5.74) is 0.0936. The fourth-order valence-corrected chi connectivity index (χ4v) is 5.01. The Morgan fingerprint density at radius 3 is 2.35 bits per heavy atom. The van der Waals surface area contributed by atoms with Crippen molar-refractivity contribution in [3.05, 3.63) is 86.1 Å². The fourth-order valence-electron chi connectivity index (χ4n) is 3.85. The minimum Gasteiger partial charge on any atom is -0.493 e. The summed E-state index contributed by atoms with van der Waals surface area (Å²) in [4.78, 5) is 30.9. The van der Waals surface area contributed by atoms with Gasteiger partial charge in [0.05, 0.1) is 47.1 Å². The Balaban J connectivity index is 1.65. The molecule has 7 nitrogen and oxygen atoms in total. The number of aryl methyl sites for hydroxylation is 1. The molecule has 0 bridgehead atoms. The average molecular weight is 612 g/mol. The maximum Gasteiger partial charge on any atom is 0.416 e. The number of anilines is 1. The van der Waals surface area contributed by atoms with Crippen LogP contribution in [0.4, 0.5) is 18.9 Å². The molecule has 0 radical (unpaired) electrons. The molecule has 0 saturated carbocycles. The van der Waals surface area contributed by atoms with E-state index in [4.69, 9.17) is 32.7 Å². The molecule has 0 saturated heterocycles. The number of benzene rings is 3. The first-order valence-electron chi connectivity index (χ1n) is 11.7. The smallest absolute Gasteiger partial charge is 0.416 e. The quantitative estimate of drug-likeness (QED) is 0.167. The summed E-state index contributed by atoms with van der Waals surface area (Å²) in [6, 6.07) is 12.5. The number of ether oxygens (including phenoxy) is 2. The molecule has 3 aromatic carbocycles. The van der Waals surface area contributed by atoms with Gasteiger partial charge in [-0.05, 0) is 48.4 Å². The van der Waals surface area contributed by atoms with E-state index in [1.165, 1.54) is 43.1 Å². The third kappa shape index (κ3) is 6.83. The van der Waals surface area contributed by atoms with Crippen LogP contribution in [0.2, 0.25) is 10.0 Å². The number of nitrogens with one attached hydrogen (secondary N) is 1. The summed E-state index contributed by atoms with van der Waals surface area (Å²) >= 11 is 13.1. The highest BCUT2D eigenvalue weighted by atomic mass is 35.5. The van der Waals surface area contributed by atoms with Gasteiger partial charge in [0.15, 0.2) is 16.7 Å². The van der Waals surface area contributed by atoms with E-state index in [0.29, 0.717) is 38.3 Å². The summed E-state index contributed by atoms with van der Waals surface area (Å²) in [5, 5.41) is 3.88. The SMILES string of the molecule is COc1cc2nc(SCC(=O)Nc3cc(Cl)ccc3Cl)n(CCc3ccc(C(F)(F)F)cc3)c(=O)c2cc1OC. The Bertz CT molecular complexity index is 1610. The molecule has 0 atom stereocenters. The van der Waals surface area contributed by atoms with E-state index in [1.807, 2.05) is 0 Å². The molecule has 1 amide bonds. The molecule has 0 unspecified atom stereocenters. The van der Waals surface area contributed by atoms with E-state index in [2.05, 4.69) is 10.3 Å². The predicted molar refractivity (Wildman–Crippen MR) is 150 cm³/mol. The molecule has 1 N–H and O–H groups in total.